The summed E-state index contributed by atoms with van der Waals surface area (Å²) in [5.74, 6) is 0.558. The van der Waals surface area contributed by atoms with E-state index in [1.54, 1.807) is 18.2 Å². The van der Waals surface area contributed by atoms with Crippen molar-refractivity contribution in [2.45, 2.75) is 6.92 Å². The number of hydrogen-bond acceptors (Lipinski definition) is 6. The van der Waals surface area contributed by atoms with Crippen LogP contribution in [0.25, 0.3) is 6.08 Å². The van der Waals surface area contributed by atoms with Gasteiger partial charge in [0.15, 0.2) is 18.1 Å². The molecule has 0 atom stereocenters. The Morgan fingerprint density at radius 1 is 1.47 bits per heavy atom. The number of carbonyl (C=O) groups is 1. The first-order valence-corrected chi connectivity index (χ1v) is 5.44. The first-order valence-electron chi connectivity index (χ1n) is 5.44. The Bertz CT molecular complexity index is 551. The Morgan fingerprint density at radius 2 is 2.21 bits per heavy atom. The normalized spacial score (nSPS) is 13.2. The molecule has 0 bridgehead atoms. The molecule has 1 aliphatic rings. The SMILES string of the molecule is CC(=O)OCC(=Cc1ccc2c(c1)OCO2)[N+](=O)[O-]. The van der Waals surface area contributed by atoms with Crippen LogP contribution in [0.5, 0.6) is 11.5 Å². The van der Waals surface area contributed by atoms with Gasteiger partial charge in [-0.1, -0.05) is 6.07 Å². The number of nitro groups is 1. The number of nitrogens with zero attached hydrogens (tertiary/aromatic N) is 1. The molecule has 0 spiro atoms. The summed E-state index contributed by atoms with van der Waals surface area (Å²) < 4.78 is 14.9. The molecule has 1 aliphatic heterocycles. The Kier molecular flexibility index (Phi) is 3.65. The highest BCUT2D eigenvalue weighted by molar-refractivity contribution is 5.66. The molecule has 0 fully saturated rings. The smallest absolute Gasteiger partial charge is 0.303 e. The minimum Gasteiger partial charge on any atom is -0.454 e. The van der Waals surface area contributed by atoms with Gasteiger partial charge in [-0.25, -0.2) is 0 Å². The molecule has 100 valence electrons. The molecule has 0 unspecified atom stereocenters. The van der Waals surface area contributed by atoms with Crippen molar-refractivity contribution in [3.63, 3.8) is 0 Å². The van der Waals surface area contributed by atoms with Crippen LogP contribution in [-0.4, -0.2) is 24.3 Å². The second-order valence-electron chi connectivity index (χ2n) is 3.79. The summed E-state index contributed by atoms with van der Waals surface area (Å²) in [6.45, 7) is 0.951. The van der Waals surface area contributed by atoms with Crippen LogP contribution in [0.15, 0.2) is 23.9 Å². The Morgan fingerprint density at radius 3 is 2.89 bits per heavy atom. The molecular formula is C12H11NO6. The zero-order valence-electron chi connectivity index (χ0n) is 10.1. The Balaban J connectivity index is 2.20. The molecular weight excluding hydrogens is 254 g/mol. The van der Waals surface area contributed by atoms with Crippen molar-refractivity contribution < 1.29 is 23.9 Å². The Hall–Kier alpha value is -2.57. The molecule has 2 rings (SSSR count). The fraction of sp³-hybridized carbons (Fsp3) is 0.250. The molecule has 1 aromatic carbocycles. The molecule has 0 aliphatic carbocycles. The second kappa shape index (κ2) is 5.38. The number of ether oxygens (including phenoxy) is 3. The number of fused-ring (bicyclic) bond motifs is 1. The third-order valence-electron chi connectivity index (χ3n) is 2.39. The minimum absolute atomic E-state index is 0.137. The number of esters is 1. The molecule has 19 heavy (non-hydrogen) atoms. The van der Waals surface area contributed by atoms with Crippen LogP contribution in [0.1, 0.15) is 12.5 Å². The van der Waals surface area contributed by atoms with Crippen LogP contribution < -0.4 is 9.47 Å². The molecule has 7 nitrogen and oxygen atoms in total. The van der Waals surface area contributed by atoms with E-state index >= 15 is 0 Å². The van der Waals surface area contributed by atoms with E-state index in [-0.39, 0.29) is 19.1 Å². The van der Waals surface area contributed by atoms with Gasteiger partial charge in [-0.05, 0) is 17.7 Å². The van der Waals surface area contributed by atoms with Gasteiger partial charge in [0.2, 0.25) is 6.79 Å². The molecule has 0 amide bonds. The summed E-state index contributed by atoms with van der Waals surface area (Å²) in [7, 11) is 0. The molecule has 0 saturated heterocycles. The van der Waals surface area contributed by atoms with Crippen molar-refractivity contribution in [2.75, 3.05) is 13.4 Å². The summed E-state index contributed by atoms with van der Waals surface area (Å²) in [6.07, 6.45) is 1.32. The van der Waals surface area contributed by atoms with Crippen molar-refractivity contribution in [1.29, 1.82) is 0 Å². The van der Waals surface area contributed by atoms with E-state index in [1.807, 2.05) is 0 Å². The van der Waals surface area contributed by atoms with Gasteiger partial charge in [-0.2, -0.15) is 0 Å². The summed E-state index contributed by atoms with van der Waals surface area (Å²) in [4.78, 5) is 20.9. The van der Waals surface area contributed by atoms with Crippen LogP contribution in [-0.2, 0) is 9.53 Å². The van der Waals surface area contributed by atoms with Crippen molar-refractivity contribution in [3.05, 3.63) is 39.6 Å². The average molecular weight is 265 g/mol. The largest absolute Gasteiger partial charge is 0.454 e. The van der Waals surface area contributed by atoms with Crippen molar-refractivity contribution in [1.82, 2.24) is 0 Å². The molecule has 0 N–H and O–H groups in total. The number of rotatable bonds is 4. The maximum Gasteiger partial charge on any atom is 0.303 e. The molecule has 0 aromatic heterocycles. The van der Waals surface area contributed by atoms with E-state index in [0.717, 1.165) is 0 Å². The van der Waals surface area contributed by atoms with Crippen LogP contribution >= 0.6 is 0 Å². The average Bonchev–Trinajstić information content (AvgIpc) is 2.81. The first-order chi connectivity index (χ1) is 9.06. The summed E-state index contributed by atoms with van der Waals surface area (Å²) in [6, 6.07) is 4.95. The zero-order chi connectivity index (χ0) is 13.8. The van der Waals surface area contributed by atoms with E-state index < -0.39 is 10.9 Å². The van der Waals surface area contributed by atoms with E-state index in [0.29, 0.717) is 17.1 Å². The van der Waals surface area contributed by atoms with Gasteiger partial charge in [0.25, 0.3) is 5.70 Å². The van der Waals surface area contributed by atoms with E-state index in [9.17, 15) is 14.9 Å². The van der Waals surface area contributed by atoms with Crippen LogP contribution in [0.2, 0.25) is 0 Å². The Labute approximate surface area is 108 Å². The highest BCUT2D eigenvalue weighted by atomic mass is 16.7. The van der Waals surface area contributed by atoms with Crippen molar-refractivity contribution in [2.24, 2.45) is 0 Å². The quantitative estimate of drug-likeness (QED) is 0.466. The van der Waals surface area contributed by atoms with Gasteiger partial charge >= 0.3 is 5.97 Å². The minimum atomic E-state index is -0.590. The van der Waals surface area contributed by atoms with Crippen LogP contribution in [0.3, 0.4) is 0 Å². The lowest BCUT2D eigenvalue weighted by Gasteiger charge is -2.01. The van der Waals surface area contributed by atoms with Crippen molar-refractivity contribution >= 4 is 12.0 Å². The highest BCUT2D eigenvalue weighted by Gasteiger charge is 2.16. The third-order valence-corrected chi connectivity index (χ3v) is 2.39. The zero-order valence-corrected chi connectivity index (χ0v) is 10.1. The first kappa shape index (κ1) is 12.9. The lowest BCUT2D eigenvalue weighted by atomic mass is 10.1. The van der Waals surface area contributed by atoms with Crippen LogP contribution in [0, 0.1) is 10.1 Å². The maximum atomic E-state index is 10.8. The van der Waals surface area contributed by atoms with Gasteiger partial charge in [0, 0.05) is 13.0 Å². The highest BCUT2D eigenvalue weighted by Crippen LogP contribution is 2.33. The summed E-state index contributed by atoms with van der Waals surface area (Å²) in [5, 5.41) is 10.8. The van der Waals surface area contributed by atoms with Gasteiger partial charge in [-0.15, -0.1) is 0 Å². The van der Waals surface area contributed by atoms with Crippen LogP contribution in [0.4, 0.5) is 0 Å². The fourth-order valence-electron chi connectivity index (χ4n) is 1.52. The van der Waals surface area contributed by atoms with E-state index in [4.69, 9.17) is 9.47 Å². The lowest BCUT2D eigenvalue weighted by Crippen LogP contribution is -2.09. The van der Waals surface area contributed by atoms with E-state index in [1.165, 1.54) is 13.0 Å². The lowest BCUT2D eigenvalue weighted by molar-refractivity contribution is -0.428. The van der Waals surface area contributed by atoms with Gasteiger partial charge in [-0.3, -0.25) is 14.9 Å². The molecule has 7 heteroatoms. The predicted molar refractivity (Wildman–Crippen MR) is 64.2 cm³/mol. The van der Waals surface area contributed by atoms with Gasteiger partial charge in [0.05, 0.1) is 4.92 Å². The standard InChI is InChI=1S/C12H11NO6/c1-8(14)17-6-10(13(15)16)4-9-2-3-11-12(5-9)19-7-18-11/h2-5H,6-7H2,1H3. The van der Waals surface area contributed by atoms with Gasteiger partial charge < -0.3 is 14.2 Å². The third kappa shape index (κ3) is 3.21. The maximum absolute atomic E-state index is 10.8. The topological polar surface area (TPSA) is 87.9 Å². The molecule has 0 radical (unpaired) electrons. The fourth-order valence-corrected chi connectivity index (χ4v) is 1.52. The number of benzene rings is 1. The second-order valence-corrected chi connectivity index (χ2v) is 3.79. The van der Waals surface area contributed by atoms with Gasteiger partial charge in [0.1, 0.15) is 0 Å². The van der Waals surface area contributed by atoms with E-state index in [2.05, 4.69) is 4.74 Å². The predicted octanol–water partition coefficient (Wildman–Crippen LogP) is 1.60. The number of hydrogen-bond donors (Lipinski definition) is 0. The van der Waals surface area contributed by atoms with Crippen molar-refractivity contribution in [3.8, 4) is 11.5 Å². The molecule has 1 aromatic rings. The summed E-state index contributed by atoms with van der Waals surface area (Å²) >= 11 is 0. The summed E-state index contributed by atoms with van der Waals surface area (Å²) in [5.41, 5.74) is 0.358. The monoisotopic (exact) mass is 265 g/mol. The molecule has 1 heterocycles. The molecule has 0 saturated carbocycles. The number of carbonyl (C=O) groups excluding carboxylic acids is 1.